The molecule has 2 rings (SSSR count). The summed E-state index contributed by atoms with van der Waals surface area (Å²) >= 11 is 1.57. The minimum absolute atomic E-state index is 0.00171. The van der Waals surface area contributed by atoms with Crippen molar-refractivity contribution in [2.75, 3.05) is 32.8 Å². The molecule has 0 aromatic carbocycles. The van der Waals surface area contributed by atoms with Crippen LogP contribution in [0.2, 0.25) is 0 Å². The van der Waals surface area contributed by atoms with E-state index in [2.05, 4.69) is 5.32 Å². The number of hydrogen-bond donors (Lipinski definition) is 1. The maximum Gasteiger partial charge on any atom is 0.248 e. The van der Waals surface area contributed by atoms with Crippen LogP contribution in [0.15, 0.2) is 17.5 Å². The molecule has 98 valence electrons. The van der Waals surface area contributed by atoms with Crippen molar-refractivity contribution >= 4 is 23.2 Å². The molecule has 1 aliphatic heterocycles. The predicted octanol–water partition coefficient (Wildman–Crippen LogP) is 0.266. The molecule has 0 unspecified atom stereocenters. The summed E-state index contributed by atoms with van der Waals surface area (Å²) in [6.45, 7) is 2.39. The van der Waals surface area contributed by atoms with E-state index < -0.39 is 0 Å². The molecule has 5 nitrogen and oxygen atoms in total. The van der Waals surface area contributed by atoms with Crippen molar-refractivity contribution in [2.45, 2.75) is 6.42 Å². The van der Waals surface area contributed by atoms with Crippen LogP contribution in [0, 0.1) is 0 Å². The first kappa shape index (κ1) is 13.0. The minimum atomic E-state index is -0.00578. The molecule has 0 spiro atoms. The van der Waals surface area contributed by atoms with Crippen LogP contribution in [0.25, 0.3) is 0 Å². The molecule has 18 heavy (non-hydrogen) atoms. The molecule has 1 aromatic rings. The van der Waals surface area contributed by atoms with Crippen molar-refractivity contribution in [1.82, 2.24) is 10.2 Å². The molecule has 2 amide bonds. The molecule has 0 radical (unpaired) electrons. The highest BCUT2D eigenvalue weighted by Crippen LogP contribution is 2.08. The monoisotopic (exact) mass is 268 g/mol. The van der Waals surface area contributed by atoms with Gasteiger partial charge in [-0.15, -0.1) is 11.3 Å². The van der Waals surface area contributed by atoms with Gasteiger partial charge in [-0.1, -0.05) is 6.07 Å². The fourth-order valence-electron chi connectivity index (χ4n) is 1.75. The first-order chi connectivity index (χ1) is 8.75. The fourth-order valence-corrected chi connectivity index (χ4v) is 2.45. The first-order valence-electron chi connectivity index (χ1n) is 5.90. The average Bonchev–Trinajstić information content (AvgIpc) is 2.84. The van der Waals surface area contributed by atoms with Crippen LogP contribution in [-0.2, 0) is 20.7 Å². The first-order valence-corrected chi connectivity index (χ1v) is 6.78. The predicted molar refractivity (Wildman–Crippen MR) is 68.4 cm³/mol. The summed E-state index contributed by atoms with van der Waals surface area (Å²) < 4.78 is 5.03. The number of hydrogen-bond acceptors (Lipinski definition) is 4. The van der Waals surface area contributed by atoms with Gasteiger partial charge in [-0.2, -0.15) is 0 Å². The molecule has 2 heterocycles. The normalized spacial score (nSPS) is 15.8. The smallest absolute Gasteiger partial charge is 0.248 e. The lowest BCUT2D eigenvalue weighted by Gasteiger charge is -2.26. The van der Waals surface area contributed by atoms with E-state index in [1.165, 1.54) is 0 Å². The molecule has 0 atom stereocenters. The van der Waals surface area contributed by atoms with Gasteiger partial charge in [0.15, 0.2) is 0 Å². The van der Waals surface area contributed by atoms with Gasteiger partial charge in [0.25, 0.3) is 0 Å². The second-order valence-electron chi connectivity index (χ2n) is 4.04. The van der Waals surface area contributed by atoms with E-state index in [1.807, 2.05) is 17.5 Å². The second-order valence-corrected chi connectivity index (χ2v) is 5.07. The molecule has 6 heteroatoms. The largest absolute Gasteiger partial charge is 0.370 e. The molecule has 0 saturated carbocycles. The summed E-state index contributed by atoms with van der Waals surface area (Å²) in [5.41, 5.74) is 0. The number of nitrogens with zero attached hydrogens (tertiary/aromatic N) is 1. The summed E-state index contributed by atoms with van der Waals surface area (Å²) in [6.07, 6.45) is 0.411. The number of rotatable bonds is 5. The van der Waals surface area contributed by atoms with Crippen LogP contribution in [0.4, 0.5) is 0 Å². The second kappa shape index (κ2) is 6.51. The van der Waals surface area contributed by atoms with Crippen molar-refractivity contribution < 1.29 is 14.3 Å². The van der Waals surface area contributed by atoms with Gasteiger partial charge >= 0.3 is 0 Å². The number of morpholine rings is 1. The Morgan fingerprint density at radius 3 is 3.17 bits per heavy atom. The van der Waals surface area contributed by atoms with E-state index in [0.29, 0.717) is 32.7 Å². The average molecular weight is 268 g/mol. The van der Waals surface area contributed by atoms with Gasteiger partial charge in [0, 0.05) is 24.5 Å². The Balaban J connectivity index is 1.65. The van der Waals surface area contributed by atoms with E-state index in [4.69, 9.17) is 4.74 Å². The number of amides is 2. The van der Waals surface area contributed by atoms with E-state index in [9.17, 15) is 9.59 Å². The maximum atomic E-state index is 11.6. The van der Waals surface area contributed by atoms with Crippen molar-refractivity contribution in [1.29, 1.82) is 0 Å². The third-order valence-corrected chi connectivity index (χ3v) is 3.58. The van der Waals surface area contributed by atoms with E-state index >= 15 is 0 Å². The summed E-state index contributed by atoms with van der Waals surface area (Å²) in [4.78, 5) is 25.8. The molecule has 1 aromatic heterocycles. The highest BCUT2D eigenvalue weighted by Gasteiger charge is 2.17. The zero-order chi connectivity index (χ0) is 12.8. The lowest BCUT2D eigenvalue weighted by Crippen LogP contribution is -2.45. The lowest BCUT2D eigenvalue weighted by atomic mass is 10.3. The van der Waals surface area contributed by atoms with Crippen molar-refractivity contribution in [3.05, 3.63) is 22.4 Å². The zero-order valence-corrected chi connectivity index (χ0v) is 10.9. The molecule has 1 fully saturated rings. The lowest BCUT2D eigenvalue weighted by molar-refractivity contribution is -0.142. The van der Waals surface area contributed by atoms with Crippen LogP contribution in [0.5, 0.6) is 0 Å². The fraction of sp³-hybridized carbons (Fsp3) is 0.500. The topological polar surface area (TPSA) is 58.6 Å². The minimum Gasteiger partial charge on any atom is -0.370 e. The summed E-state index contributed by atoms with van der Waals surface area (Å²) in [7, 11) is 0. The standard InChI is InChI=1S/C12H16N2O3S/c15-11(8-10-2-1-7-18-10)13-3-4-14-5-6-17-9-12(14)16/h1-2,7H,3-6,8-9H2,(H,13,15). The van der Waals surface area contributed by atoms with Crippen LogP contribution in [-0.4, -0.2) is 49.6 Å². The molecule has 1 N–H and O–H groups in total. The molecule has 0 bridgehead atoms. The van der Waals surface area contributed by atoms with Crippen LogP contribution < -0.4 is 5.32 Å². The number of nitrogens with one attached hydrogen (secondary N) is 1. The van der Waals surface area contributed by atoms with Gasteiger partial charge in [0.2, 0.25) is 11.8 Å². The third kappa shape index (κ3) is 3.82. The quantitative estimate of drug-likeness (QED) is 0.833. The van der Waals surface area contributed by atoms with Crippen molar-refractivity contribution in [3.8, 4) is 0 Å². The molecular formula is C12H16N2O3S. The Morgan fingerprint density at radius 1 is 1.56 bits per heavy atom. The van der Waals surface area contributed by atoms with E-state index in [-0.39, 0.29) is 18.4 Å². The van der Waals surface area contributed by atoms with E-state index in [0.717, 1.165) is 4.88 Å². The molecular weight excluding hydrogens is 252 g/mol. The third-order valence-electron chi connectivity index (χ3n) is 2.70. The van der Waals surface area contributed by atoms with Crippen LogP contribution in [0.1, 0.15) is 4.88 Å². The summed E-state index contributed by atoms with van der Waals surface area (Å²) in [5.74, 6) is -0.00749. The van der Waals surface area contributed by atoms with Gasteiger partial charge < -0.3 is 15.0 Å². The van der Waals surface area contributed by atoms with Crippen molar-refractivity contribution in [3.63, 3.8) is 0 Å². The Kier molecular flexibility index (Phi) is 4.72. The number of ether oxygens (including phenoxy) is 1. The van der Waals surface area contributed by atoms with Crippen LogP contribution >= 0.6 is 11.3 Å². The molecule has 0 aliphatic carbocycles. The zero-order valence-electron chi connectivity index (χ0n) is 10.1. The maximum absolute atomic E-state index is 11.6. The van der Waals surface area contributed by atoms with Crippen molar-refractivity contribution in [2.24, 2.45) is 0 Å². The van der Waals surface area contributed by atoms with Gasteiger partial charge in [-0.25, -0.2) is 0 Å². The van der Waals surface area contributed by atoms with Gasteiger partial charge in [0.1, 0.15) is 6.61 Å². The Bertz CT molecular complexity index is 405. The highest BCUT2D eigenvalue weighted by atomic mass is 32.1. The van der Waals surface area contributed by atoms with Gasteiger partial charge in [-0.3, -0.25) is 9.59 Å². The molecule has 1 saturated heterocycles. The SMILES string of the molecule is O=C(Cc1cccs1)NCCN1CCOCC1=O. The Hall–Kier alpha value is -1.40. The molecule has 1 aliphatic rings. The van der Waals surface area contributed by atoms with Gasteiger partial charge in [0.05, 0.1) is 13.0 Å². The Labute approximate surface area is 110 Å². The van der Waals surface area contributed by atoms with Gasteiger partial charge in [-0.05, 0) is 11.4 Å². The number of carbonyl (C=O) groups is 2. The number of thiophene rings is 1. The summed E-state index contributed by atoms with van der Waals surface area (Å²) in [5, 5.41) is 4.78. The van der Waals surface area contributed by atoms with E-state index in [1.54, 1.807) is 16.2 Å². The summed E-state index contributed by atoms with van der Waals surface area (Å²) in [6, 6.07) is 3.87. The highest BCUT2D eigenvalue weighted by molar-refractivity contribution is 7.10. The van der Waals surface area contributed by atoms with Crippen LogP contribution in [0.3, 0.4) is 0 Å². The number of carbonyl (C=O) groups excluding carboxylic acids is 2. The Morgan fingerprint density at radius 2 is 2.44 bits per heavy atom.